The van der Waals surface area contributed by atoms with Gasteiger partial charge in [-0.25, -0.2) is 0 Å². The molecule has 0 amide bonds. The molecule has 2 N–H and O–H groups in total. The first-order valence-corrected chi connectivity index (χ1v) is 12.7. The average Bonchev–Trinajstić information content (AvgIpc) is 2.75. The van der Waals surface area contributed by atoms with Crippen LogP contribution in [-0.4, -0.2) is 7.11 Å². The van der Waals surface area contributed by atoms with Crippen molar-refractivity contribution in [2.75, 3.05) is 11.4 Å². The first-order valence-electron chi connectivity index (χ1n) is 8.56. The zero-order valence-corrected chi connectivity index (χ0v) is 18.1. The molecule has 0 fully saturated rings. The Morgan fingerprint density at radius 1 is 0.889 bits per heavy atom. The number of methoxy groups -OCH3 is 1. The van der Waals surface area contributed by atoms with E-state index in [1.807, 2.05) is 48.5 Å². The van der Waals surface area contributed by atoms with Crippen LogP contribution in [0, 0.1) is 0 Å². The lowest BCUT2D eigenvalue weighted by atomic mass is 10.2. The summed E-state index contributed by atoms with van der Waals surface area (Å²) in [6.07, 6.45) is 0. The number of hydrogen-bond donors (Lipinski definition) is 1. The Bertz CT molecular complexity index is 786. The molecular weight excluding hydrogens is 391 g/mol. The molecular formula is C21H25N2OPS2. The van der Waals surface area contributed by atoms with Gasteiger partial charge in [-0.2, -0.15) is 0 Å². The van der Waals surface area contributed by atoms with E-state index in [9.17, 15) is 0 Å². The Hall–Kier alpha value is -1.78. The first-order chi connectivity index (χ1) is 13.3. The average molecular weight is 417 g/mol. The molecule has 3 aromatic rings. The van der Waals surface area contributed by atoms with Crippen LogP contribution in [0.2, 0.25) is 0 Å². The fraction of sp³-hybridized carbons (Fsp3) is 0.143. The fourth-order valence-electron chi connectivity index (χ4n) is 2.35. The molecule has 1 atom stereocenters. The predicted octanol–water partition coefficient (Wildman–Crippen LogP) is 5.28. The van der Waals surface area contributed by atoms with Gasteiger partial charge in [-0.3, -0.25) is 0 Å². The number of hydrogen-bond acceptors (Lipinski definition) is 5. The lowest BCUT2D eigenvalue weighted by molar-refractivity contribution is 0.415. The molecule has 27 heavy (non-hydrogen) atoms. The molecule has 0 aliphatic rings. The monoisotopic (exact) mass is 416 g/mol. The van der Waals surface area contributed by atoms with Crippen LogP contribution in [0.4, 0.5) is 5.69 Å². The number of ether oxygens (including phenoxy) is 1. The second-order valence-corrected chi connectivity index (χ2v) is 9.40. The van der Waals surface area contributed by atoms with E-state index >= 15 is 0 Å². The number of nitrogens with zero attached hydrogens (tertiary/aromatic N) is 1. The maximum Gasteiger partial charge on any atom is 0.119 e. The highest BCUT2D eigenvalue weighted by Gasteiger charge is 2.07. The van der Waals surface area contributed by atoms with Gasteiger partial charge in [0.1, 0.15) is 5.75 Å². The fourth-order valence-corrected chi connectivity index (χ4v) is 4.76. The van der Waals surface area contributed by atoms with Gasteiger partial charge in [-0.05, 0) is 47.0 Å². The van der Waals surface area contributed by atoms with Gasteiger partial charge in [-0.15, -0.1) is 0 Å². The molecule has 3 aromatic carbocycles. The Labute approximate surface area is 172 Å². The van der Waals surface area contributed by atoms with Crippen molar-refractivity contribution < 1.29 is 4.74 Å². The SMILES string of the molecule is COc1ccc(N(Cc2ccccc2)S[PH2]=S)cc1.NCc1ccccc1. The van der Waals surface area contributed by atoms with Crippen LogP contribution in [0.5, 0.6) is 5.75 Å². The van der Waals surface area contributed by atoms with E-state index in [1.54, 1.807) is 18.7 Å². The summed E-state index contributed by atoms with van der Waals surface area (Å²) in [7, 11) is 1.68. The zero-order valence-electron chi connectivity index (χ0n) is 15.3. The summed E-state index contributed by atoms with van der Waals surface area (Å²) in [4.78, 5) is 0. The van der Waals surface area contributed by atoms with E-state index in [0.717, 1.165) is 18.0 Å². The van der Waals surface area contributed by atoms with Crippen molar-refractivity contribution in [1.82, 2.24) is 0 Å². The minimum atomic E-state index is -0.0529. The maximum absolute atomic E-state index is 5.35. The molecule has 1 unspecified atom stereocenters. The summed E-state index contributed by atoms with van der Waals surface area (Å²) in [6, 6.07) is 28.5. The third-order valence-corrected chi connectivity index (χ3v) is 6.25. The standard InChI is InChI=1S/C14H16NOPS2.C7H9N/c1-16-14-9-7-13(8-10-14)15(19-17-18)11-12-5-3-2-4-6-12;8-6-7-4-2-1-3-5-7/h2-10H,11,17H2,1H3;1-5H,6,8H2. The molecule has 0 aliphatic heterocycles. The number of anilines is 1. The number of benzene rings is 3. The van der Waals surface area contributed by atoms with Crippen LogP contribution in [0.3, 0.4) is 0 Å². The lowest BCUT2D eigenvalue weighted by Gasteiger charge is -2.22. The molecule has 0 heterocycles. The van der Waals surface area contributed by atoms with Crippen molar-refractivity contribution in [3.8, 4) is 5.75 Å². The molecule has 0 saturated carbocycles. The van der Waals surface area contributed by atoms with Crippen molar-refractivity contribution >= 4 is 35.6 Å². The zero-order chi connectivity index (χ0) is 19.3. The molecule has 0 saturated heterocycles. The molecule has 3 nitrogen and oxygen atoms in total. The molecule has 142 valence electrons. The van der Waals surface area contributed by atoms with Gasteiger partial charge < -0.3 is 14.8 Å². The minimum Gasteiger partial charge on any atom is -0.497 e. The van der Waals surface area contributed by atoms with E-state index in [2.05, 4.69) is 40.7 Å². The van der Waals surface area contributed by atoms with E-state index in [4.69, 9.17) is 22.3 Å². The minimum absolute atomic E-state index is 0.0529. The van der Waals surface area contributed by atoms with Crippen LogP contribution in [0.1, 0.15) is 11.1 Å². The third kappa shape index (κ3) is 7.77. The van der Waals surface area contributed by atoms with Gasteiger partial charge in [0.15, 0.2) is 0 Å². The van der Waals surface area contributed by atoms with Gasteiger partial charge in [0, 0.05) is 18.8 Å². The Balaban J connectivity index is 0.000000273. The van der Waals surface area contributed by atoms with Crippen LogP contribution in [-0.2, 0) is 24.9 Å². The smallest absolute Gasteiger partial charge is 0.119 e. The van der Waals surface area contributed by atoms with E-state index < -0.39 is 0 Å². The summed E-state index contributed by atoms with van der Waals surface area (Å²) in [5.41, 5.74) is 8.98. The van der Waals surface area contributed by atoms with E-state index in [-0.39, 0.29) is 6.56 Å². The molecule has 0 aromatic heterocycles. The number of nitrogens with two attached hydrogens (primary N) is 1. The third-order valence-electron chi connectivity index (χ3n) is 3.78. The highest BCUT2D eigenvalue weighted by atomic mass is 32.9. The summed E-state index contributed by atoms with van der Waals surface area (Å²) in [5, 5.41) is 0. The van der Waals surface area contributed by atoms with Gasteiger partial charge in [-0.1, -0.05) is 72.5 Å². The number of rotatable bonds is 7. The maximum atomic E-state index is 5.35. The highest BCUT2D eigenvalue weighted by Crippen LogP contribution is 2.32. The normalized spacial score (nSPS) is 10.3. The summed E-state index contributed by atoms with van der Waals surface area (Å²) < 4.78 is 7.43. The van der Waals surface area contributed by atoms with E-state index in [1.165, 1.54) is 11.1 Å². The van der Waals surface area contributed by atoms with Crippen LogP contribution >= 0.6 is 18.1 Å². The van der Waals surface area contributed by atoms with Crippen molar-refractivity contribution in [3.05, 3.63) is 96.1 Å². The molecule has 0 radical (unpaired) electrons. The Kier molecular flexibility index (Phi) is 10.0. The van der Waals surface area contributed by atoms with E-state index in [0.29, 0.717) is 6.54 Å². The molecule has 3 rings (SSSR count). The Morgan fingerprint density at radius 2 is 1.44 bits per heavy atom. The second kappa shape index (κ2) is 12.6. The quantitative estimate of drug-likeness (QED) is 0.419. The molecule has 0 bridgehead atoms. The predicted molar refractivity (Wildman–Crippen MR) is 125 cm³/mol. The second-order valence-electron chi connectivity index (χ2n) is 5.61. The summed E-state index contributed by atoms with van der Waals surface area (Å²) in [6.45, 7) is 1.45. The van der Waals surface area contributed by atoms with Crippen molar-refractivity contribution in [1.29, 1.82) is 0 Å². The van der Waals surface area contributed by atoms with Gasteiger partial charge >= 0.3 is 0 Å². The summed E-state index contributed by atoms with van der Waals surface area (Å²) >= 11 is 6.90. The van der Waals surface area contributed by atoms with Crippen LogP contribution in [0.25, 0.3) is 0 Å². The van der Waals surface area contributed by atoms with Crippen LogP contribution in [0.15, 0.2) is 84.9 Å². The molecule has 6 heteroatoms. The lowest BCUT2D eigenvalue weighted by Crippen LogP contribution is -2.11. The summed E-state index contributed by atoms with van der Waals surface area (Å²) in [5.74, 6) is 0.874. The van der Waals surface area contributed by atoms with Crippen molar-refractivity contribution in [2.45, 2.75) is 13.1 Å². The van der Waals surface area contributed by atoms with Gasteiger partial charge in [0.05, 0.1) is 13.7 Å². The largest absolute Gasteiger partial charge is 0.497 e. The van der Waals surface area contributed by atoms with Gasteiger partial charge in [0.25, 0.3) is 0 Å². The van der Waals surface area contributed by atoms with Crippen molar-refractivity contribution in [3.63, 3.8) is 0 Å². The first kappa shape index (κ1) is 21.5. The van der Waals surface area contributed by atoms with Gasteiger partial charge in [0.2, 0.25) is 0 Å². The topological polar surface area (TPSA) is 38.5 Å². The molecule has 0 aliphatic carbocycles. The van der Waals surface area contributed by atoms with Crippen molar-refractivity contribution in [2.24, 2.45) is 5.73 Å². The highest BCUT2D eigenvalue weighted by molar-refractivity contribution is 8.58. The van der Waals surface area contributed by atoms with Crippen LogP contribution < -0.4 is 14.8 Å². The molecule has 0 spiro atoms. The Morgan fingerprint density at radius 3 is 1.89 bits per heavy atom.